The summed E-state index contributed by atoms with van der Waals surface area (Å²) in [5, 5.41) is 0. The fourth-order valence-corrected chi connectivity index (χ4v) is 1.55. The van der Waals surface area contributed by atoms with Gasteiger partial charge in [0.2, 0.25) is 0 Å². The molecule has 2 nitrogen and oxygen atoms in total. The van der Waals surface area contributed by atoms with Crippen LogP contribution in [0.4, 0.5) is 0 Å². The molecule has 0 aromatic carbocycles. The minimum atomic E-state index is 0.0596. The molecule has 0 aliphatic carbocycles. The van der Waals surface area contributed by atoms with E-state index >= 15 is 0 Å². The highest BCUT2D eigenvalue weighted by Gasteiger charge is 1.98. The number of nitrogens with one attached hydrogen (secondary N) is 1. The van der Waals surface area contributed by atoms with Crippen molar-refractivity contribution < 1.29 is 0 Å². The van der Waals surface area contributed by atoms with Gasteiger partial charge in [-0.15, -0.1) is 0 Å². The lowest BCUT2D eigenvalue weighted by Crippen LogP contribution is -1.91. The smallest absolute Gasteiger partial charge is 0.304 e. The minimum Gasteiger partial charge on any atom is -0.317 e. The van der Waals surface area contributed by atoms with Gasteiger partial charge in [0.1, 0.15) is 0 Å². The van der Waals surface area contributed by atoms with E-state index in [1.165, 1.54) is 16.2 Å². The molecular weight excluding hydrogens is 134 g/mol. The van der Waals surface area contributed by atoms with E-state index in [1.807, 2.05) is 13.8 Å². The van der Waals surface area contributed by atoms with Crippen LogP contribution < -0.4 is 4.87 Å². The van der Waals surface area contributed by atoms with Crippen molar-refractivity contribution in [3.05, 3.63) is 20.2 Å². The van der Waals surface area contributed by atoms with E-state index in [1.54, 1.807) is 0 Å². The highest BCUT2D eigenvalue weighted by molar-refractivity contribution is 7.09. The third-order valence-corrected chi connectivity index (χ3v) is 2.37. The van der Waals surface area contributed by atoms with Gasteiger partial charge in [-0.05, 0) is 13.3 Å². The summed E-state index contributed by atoms with van der Waals surface area (Å²) in [5.41, 5.74) is 1.02. The molecule has 50 valence electrons. The van der Waals surface area contributed by atoms with Crippen LogP contribution in [-0.2, 0) is 6.42 Å². The average Bonchev–Trinajstić information content (AvgIpc) is 2.10. The molecule has 0 bridgehead atoms. The summed E-state index contributed by atoms with van der Waals surface area (Å²) in [4.78, 5) is 14.6. The van der Waals surface area contributed by atoms with E-state index in [4.69, 9.17) is 0 Å². The molecule has 1 rings (SSSR count). The van der Waals surface area contributed by atoms with E-state index in [0.717, 1.165) is 12.1 Å². The van der Waals surface area contributed by atoms with Gasteiger partial charge in [0.15, 0.2) is 0 Å². The van der Waals surface area contributed by atoms with Crippen molar-refractivity contribution >= 4 is 11.3 Å². The minimum absolute atomic E-state index is 0.0596. The Balaban J connectivity index is 3.16. The average molecular weight is 143 g/mol. The first-order chi connectivity index (χ1) is 4.24. The van der Waals surface area contributed by atoms with Crippen molar-refractivity contribution in [2.45, 2.75) is 20.3 Å². The topological polar surface area (TPSA) is 32.9 Å². The molecule has 0 unspecified atom stereocenters. The molecule has 0 radical (unpaired) electrons. The van der Waals surface area contributed by atoms with Crippen LogP contribution >= 0.6 is 11.3 Å². The Bertz CT molecular complexity index is 248. The van der Waals surface area contributed by atoms with Gasteiger partial charge in [0.05, 0.1) is 0 Å². The van der Waals surface area contributed by atoms with Crippen molar-refractivity contribution in [3.8, 4) is 0 Å². The Morgan fingerprint density at radius 3 is 2.56 bits per heavy atom. The molecular formula is C6H9NOS. The van der Waals surface area contributed by atoms with Gasteiger partial charge in [0.25, 0.3) is 0 Å². The summed E-state index contributed by atoms with van der Waals surface area (Å²) in [7, 11) is 0. The number of thiazole rings is 1. The molecule has 0 aliphatic heterocycles. The molecule has 0 aliphatic rings. The molecule has 9 heavy (non-hydrogen) atoms. The molecule has 0 atom stereocenters. The van der Waals surface area contributed by atoms with Crippen molar-refractivity contribution in [1.29, 1.82) is 0 Å². The maximum absolute atomic E-state index is 10.6. The first-order valence-electron chi connectivity index (χ1n) is 2.92. The highest BCUT2D eigenvalue weighted by Crippen LogP contribution is 2.06. The number of H-pyrrole nitrogens is 1. The SMILES string of the molecule is CCc1sc(=O)[nH]c1C. The van der Waals surface area contributed by atoms with Gasteiger partial charge in [-0.1, -0.05) is 18.3 Å². The summed E-state index contributed by atoms with van der Waals surface area (Å²) in [6, 6.07) is 0. The quantitative estimate of drug-likeness (QED) is 0.631. The lowest BCUT2D eigenvalue weighted by molar-refractivity contribution is 1.10. The molecule has 0 amide bonds. The van der Waals surface area contributed by atoms with E-state index in [9.17, 15) is 4.79 Å². The van der Waals surface area contributed by atoms with Gasteiger partial charge < -0.3 is 4.98 Å². The van der Waals surface area contributed by atoms with Crippen LogP contribution in [0.3, 0.4) is 0 Å². The van der Waals surface area contributed by atoms with Gasteiger partial charge >= 0.3 is 4.87 Å². The van der Waals surface area contributed by atoms with Crippen LogP contribution in [0.2, 0.25) is 0 Å². The van der Waals surface area contributed by atoms with E-state index in [0.29, 0.717) is 0 Å². The zero-order valence-corrected chi connectivity index (χ0v) is 6.34. The Labute approximate surface area is 57.5 Å². The summed E-state index contributed by atoms with van der Waals surface area (Å²) in [6.07, 6.45) is 0.954. The normalized spacial score (nSPS) is 10.0. The third-order valence-electron chi connectivity index (χ3n) is 1.24. The molecule has 0 spiro atoms. The number of hydrogen-bond donors (Lipinski definition) is 1. The molecule has 0 saturated heterocycles. The number of aromatic amines is 1. The fourth-order valence-electron chi connectivity index (χ4n) is 0.774. The highest BCUT2D eigenvalue weighted by atomic mass is 32.1. The first kappa shape index (κ1) is 6.55. The number of aryl methyl sites for hydroxylation is 2. The molecule has 3 heteroatoms. The molecule has 1 aromatic heterocycles. The second-order valence-corrected chi connectivity index (χ2v) is 2.98. The lowest BCUT2D eigenvalue weighted by atomic mass is 10.3. The van der Waals surface area contributed by atoms with Crippen LogP contribution in [0, 0.1) is 6.92 Å². The first-order valence-corrected chi connectivity index (χ1v) is 3.74. The van der Waals surface area contributed by atoms with Crippen LogP contribution in [-0.4, -0.2) is 4.98 Å². The van der Waals surface area contributed by atoms with Crippen molar-refractivity contribution in [3.63, 3.8) is 0 Å². The van der Waals surface area contributed by atoms with Crippen LogP contribution in [0.25, 0.3) is 0 Å². The zero-order valence-electron chi connectivity index (χ0n) is 5.52. The predicted molar refractivity (Wildman–Crippen MR) is 39.1 cm³/mol. The Hall–Kier alpha value is -0.570. The number of rotatable bonds is 1. The van der Waals surface area contributed by atoms with Crippen molar-refractivity contribution in [2.24, 2.45) is 0 Å². The van der Waals surface area contributed by atoms with E-state index in [-0.39, 0.29) is 4.87 Å². The Kier molecular flexibility index (Phi) is 1.71. The van der Waals surface area contributed by atoms with Gasteiger partial charge in [0, 0.05) is 10.6 Å². The summed E-state index contributed by atoms with van der Waals surface area (Å²) < 4.78 is 0. The summed E-state index contributed by atoms with van der Waals surface area (Å²) in [6.45, 7) is 3.98. The van der Waals surface area contributed by atoms with Crippen LogP contribution in [0.5, 0.6) is 0 Å². The second-order valence-electron chi connectivity index (χ2n) is 1.92. The maximum atomic E-state index is 10.6. The van der Waals surface area contributed by atoms with Gasteiger partial charge in [-0.2, -0.15) is 0 Å². The monoisotopic (exact) mass is 143 g/mol. The lowest BCUT2D eigenvalue weighted by Gasteiger charge is -1.86. The molecule has 1 heterocycles. The molecule has 0 fully saturated rings. The van der Waals surface area contributed by atoms with Crippen molar-refractivity contribution in [2.75, 3.05) is 0 Å². The summed E-state index contributed by atoms with van der Waals surface area (Å²) >= 11 is 1.30. The fraction of sp³-hybridized carbons (Fsp3) is 0.500. The predicted octanol–water partition coefficient (Wildman–Crippen LogP) is 1.31. The third kappa shape index (κ3) is 1.21. The van der Waals surface area contributed by atoms with E-state index in [2.05, 4.69) is 4.98 Å². The Morgan fingerprint density at radius 1 is 1.67 bits per heavy atom. The molecule has 1 N–H and O–H groups in total. The largest absolute Gasteiger partial charge is 0.317 e. The Morgan fingerprint density at radius 2 is 2.33 bits per heavy atom. The zero-order chi connectivity index (χ0) is 6.85. The van der Waals surface area contributed by atoms with Crippen molar-refractivity contribution in [1.82, 2.24) is 4.98 Å². The maximum Gasteiger partial charge on any atom is 0.304 e. The standard InChI is InChI=1S/C6H9NOS/c1-3-5-4(2)7-6(8)9-5/h3H2,1-2H3,(H,7,8). The number of aromatic nitrogens is 1. The second kappa shape index (κ2) is 2.35. The van der Waals surface area contributed by atoms with E-state index < -0.39 is 0 Å². The number of hydrogen-bond acceptors (Lipinski definition) is 2. The van der Waals surface area contributed by atoms with Crippen LogP contribution in [0.15, 0.2) is 4.79 Å². The molecule has 0 saturated carbocycles. The molecule has 1 aromatic rings. The van der Waals surface area contributed by atoms with Crippen LogP contribution in [0.1, 0.15) is 17.5 Å². The van der Waals surface area contributed by atoms with Gasteiger partial charge in [-0.25, -0.2) is 0 Å². The van der Waals surface area contributed by atoms with Gasteiger partial charge in [-0.3, -0.25) is 4.79 Å². The summed E-state index contributed by atoms with van der Waals surface area (Å²) in [5.74, 6) is 0.